The van der Waals surface area contributed by atoms with E-state index in [9.17, 15) is 18.8 Å². The Hall–Kier alpha value is -3.82. The summed E-state index contributed by atoms with van der Waals surface area (Å²) >= 11 is 6.78. The largest absolute Gasteiger partial charge is 0.497 e. The van der Waals surface area contributed by atoms with Crippen LogP contribution in [0.4, 0.5) is 14.9 Å². The fraction of sp³-hybridized carbons (Fsp3) is 0.115. The summed E-state index contributed by atoms with van der Waals surface area (Å²) < 4.78 is 24.7. The van der Waals surface area contributed by atoms with Crippen molar-refractivity contribution in [2.24, 2.45) is 0 Å². The van der Waals surface area contributed by atoms with Crippen molar-refractivity contribution in [2.45, 2.75) is 6.61 Å². The van der Waals surface area contributed by atoms with Crippen molar-refractivity contribution < 1.29 is 28.2 Å². The van der Waals surface area contributed by atoms with Gasteiger partial charge in [0.2, 0.25) is 5.91 Å². The van der Waals surface area contributed by atoms with Gasteiger partial charge in [0.15, 0.2) is 0 Å². The second-order valence-corrected chi connectivity index (χ2v) is 9.01. The van der Waals surface area contributed by atoms with E-state index >= 15 is 0 Å². The molecule has 0 radical (unpaired) electrons. The Kier molecular flexibility index (Phi) is 7.92. The lowest BCUT2D eigenvalue weighted by Gasteiger charge is -2.12. The number of rotatable bonds is 8. The van der Waals surface area contributed by atoms with Gasteiger partial charge in [0.1, 0.15) is 30.5 Å². The van der Waals surface area contributed by atoms with Crippen LogP contribution in [0.15, 0.2) is 71.6 Å². The third kappa shape index (κ3) is 6.05. The van der Waals surface area contributed by atoms with Crippen LogP contribution in [-0.4, -0.2) is 35.6 Å². The molecule has 1 saturated heterocycles. The van der Waals surface area contributed by atoms with Crippen LogP contribution in [0.3, 0.4) is 0 Å². The smallest absolute Gasteiger partial charge is 0.294 e. The highest BCUT2D eigenvalue weighted by Gasteiger charge is 2.36. The van der Waals surface area contributed by atoms with Gasteiger partial charge in [-0.1, -0.05) is 29.8 Å². The summed E-state index contributed by atoms with van der Waals surface area (Å²) in [5, 5.41) is 2.36. The number of nitrogens with zero attached hydrogens (tertiary/aromatic N) is 1. The average Bonchev–Trinajstić information content (AvgIpc) is 3.11. The van der Waals surface area contributed by atoms with Gasteiger partial charge in [-0.3, -0.25) is 19.3 Å². The Labute approximate surface area is 215 Å². The highest BCUT2D eigenvalue weighted by atomic mass is 35.5. The molecule has 0 bridgehead atoms. The molecule has 7 nitrogen and oxygen atoms in total. The number of hydrogen-bond acceptors (Lipinski definition) is 6. The standard InChI is InChI=1S/C26H20ClFN2O5S/c1-34-18-10-8-17(9-11-18)29-24(31)14-30-25(32)23(36-26(30)33)13-16-4-2-5-19(12-16)35-15-20-21(27)6-3-7-22(20)28/h2-13H,14-15H2,1H3,(H,29,31)/b23-13+. The minimum Gasteiger partial charge on any atom is -0.497 e. The number of ether oxygens (including phenoxy) is 2. The molecule has 10 heteroatoms. The molecule has 3 amide bonds. The monoisotopic (exact) mass is 526 g/mol. The van der Waals surface area contributed by atoms with Crippen LogP contribution < -0.4 is 14.8 Å². The van der Waals surface area contributed by atoms with E-state index in [0.29, 0.717) is 22.7 Å². The molecule has 0 aromatic heterocycles. The summed E-state index contributed by atoms with van der Waals surface area (Å²) in [5.41, 5.74) is 1.34. The average molecular weight is 527 g/mol. The van der Waals surface area contributed by atoms with Gasteiger partial charge in [-0.2, -0.15) is 0 Å². The Balaban J connectivity index is 1.40. The Morgan fingerprint density at radius 1 is 1.08 bits per heavy atom. The second-order valence-electron chi connectivity index (χ2n) is 7.61. The minimum atomic E-state index is -0.570. The lowest BCUT2D eigenvalue weighted by molar-refractivity contribution is -0.127. The second kappa shape index (κ2) is 11.3. The molecule has 0 saturated carbocycles. The predicted molar refractivity (Wildman–Crippen MR) is 136 cm³/mol. The summed E-state index contributed by atoms with van der Waals surface area (Å²) in [6.07, 6.45) is 1.54. The van der Waals surface area contributed by atoms with Crippen molar-refractivity contribution >= 4 is 52.2 Å². The molecule has 0 aliphatic carbocycles. The lowest BCUT2D eigenvalue weighted by atomic mass is 10.2. The molecule has 1 N–H and O–H groups in total. The SMILES string of the molecule is COc1ccc(NC(=O)CN2C(=O)S/C(=C/c3cccc(OCc4c(F)cccc4Cl)c3)C2=O)cc1. The van der Waals surface area contributed by atoms with Crippen molar-refractivity contribution in [2.75, 3.05) is 19.0 Å². The van der Waals surface area contributed by atoms with E-state index in [1.54, 1.807) is 54.6 Å². The summed E-state index contributed by atoms with van der Waals surface area (Å²) in [7, 11) is 1.53. The van der Waals surface area contributed by atoms with Gasteiger partial charge in [0.25, 0.3) is 11.1 Å². The van der Waals surface area contributed by atoms with Gasteiger partial charge in [0.05, 0.1) is 17.0 Å². The Bertz CT molecular complexity index is 1330. The molecular weight excluding hydrogens is 507 g/mol. The van der Waals surface area contributed by atoms with Crippen molar-refractivity contribution in [1.29, 1.82) is 0 Å². The number of methoxy groups -OCH3 is 1. The van der Waals surface area contributed by atoms with Crippen LogP contribution >= 0.6 is 23.4 Å². The molecule has 184 valence electrons. The van der Waals surface area contributed by atoms with Crippen molar-refractivity contribution in [3.8, 4) is 11.5 Å². The van der Waals surface area contributed by atoms with Crippen LogP contribution in [0.25, 0.3) is 6.08 Å². The van der Waals surface area contributed by atoms with Crippen molar-refractivity contribution in [1.82, 2.24) is 4.90 Å². The molecule has 1 fully saturated rings. The molecule has 36 heavy (non-hydrogen) atoms. The van der Waals surface area contributed by atoms with Crippen molar-refractivity contribution in [3.63, 3.8) is 0 Å². The maximum atomic E-state index is 14.0. The predicted octanol–water partition coefficient (Wildman–Crippen LogP) is 5.74. The van der Waals surface area contributed by atoms with E-state index in [0.717, 1.165) is 16.7 Å². The number of halogens is 2. The molecule has 1 aliphatic rings. The number of imide groups is 1. The molecule has 1 aliphatic heterocycles. The third-order valence-electron chi connectivity index (χ3n) is 5.15. The Morgan fingerprint density at radius 2 is 1.83 bits per heavy atom. The highest BCUT2D eigenvalue weighted by molar-refractivity contribution is 8.18. The van der Waals surface area contributed by atoms with Gasteiger partial charge < -0.3 is 14.8 Å². The maximum absolute atomic E-state index is 14.0. The van der Waals surface area contributed by atoms with Crippen LogP contribution in [0.5, 0.6) is 11.5 Å². The quantitative estimate of drug-likeness (QED) is 0.377. The Morgan fingerprint density at radius 3 is 2.56 bits per heavy atom. The number of anilines is 1. The van der Waals surface area contributed by atoms with Gasteiger partial charge in [-0.25, -0.2) is 4.39 Å². The fourth-order valence-corrected chi connectivity index (χ4v) is 4.38. The summed E-state index contributed by atoms with van der Waals surface area (Å²) in [6.45, 7) is -0.491. The van der Waals surface area contributed by atoms with Gasteiger partial charge in [-0.05, 0) is 71.9 Å². The van der Waals surface area contributed by atoms with E-state index < -0.39 is 29.4 Å². The number of benzene rings is 3. The molecule has 0 atom stereocenters. The molecule has 3 aromatic carbocycles. The molecule has 1 heterocycles. The zero-order chi connectivity index (χ0) is 25.7. The minimum absolute atomic E-state index is 0.0746. The van der Waals surface area contributed by atoms with E-state index in [2.05, 4.69) is 5.32 Å². The molecule has 4 rings (SSSR count). The maximum Gasteiger partial charge on any atom is 0.294 e. The van der Waals surface area contributed by atoms with Crippen LogP contribution in [0.2, 0.25) is 5.02 Å². The number of carbonyl (C=O) groups excluding carboxylic acids is 3. The van der Waals surface area contributed by atoms with Crippen LogP contribution in [0.1, 0.15) is 11.1 Å². The van der Waals surface area contributed by atoms with Gasteiger partial charge in [-0.15, -0.1) is 0 Å². The topological polar surface area (TPSA) is 84.9 Å². The van der Waals surface area contributed by atoms with Crippen LogP contribution in [0, 0.1) is 5.82 Å². The number of hydrogen-bond donors (Lipinski definition) is 1. The summed E-state index contributed by atoms with van der Waals surface area (Å²) in [6, 6.07) is 17.8. The van der Waals surface area contributed by atoms with E-state index in [1.165, 1.54) is 25.3 Å². The normalized spacial score (nSPS) is 14.3. The number of thioether (sulfide) groups is 1. The first-order valence-corrected chi connectivity index (χ1v) is 11.9. The number of amides is 3. The highest BCUT2D eigenvalue weighted by Crippen LogP contribution is 2.33. The van der Waals surface area contributed by atoms with E-state index in [-0.39, 0.29) is 22.1 Å². The van der Waals surface area contributed by atoms with E-state index in [1.807, 2.05) is 0 Å². The van der Waals surface area contributed by atoms with Gasteiger partial charge >= 0.3 is 0 Å². The molecular formula is C26H20ClFN2O5S. The van der Waals surface area contributed by atoms with E-state index in [4.69, 9.17) is 21.1 Å². The first-order valence-electron chi connectivity index (χ1n) is 10.7. The number of carbonyl (C=O) groups is 3. The molecule has 3 aromatic rings. The first-order chi connectivity index (χ1) is 17.3. The molecule has 0 unspecified atom stereocenters. The summed E-state index contributed by atoms with van der Waals surface area (Å²) in [5.74, 6) is -0.482. The van der Waals surface area contributed by atoms with Gasteiger partial charge in [0, 0.05) is 11.3 Å². The third-order valence-corrected chi connectivity index (χ3v) is 6.41. The van der Waals surface area contributed by atoms with Crippen molar-refractivity contribution in [3.05, 3.63) is 93.6 Å². The first kappa shape index (κ1) is 25.3. The summed E-state index contributed by atoms with van der Waals surface area (Å²) in [4.78, 5) is 38.6. The number of nitrogens with one attached hydrogen (secondary N) is 1. The fourth-order valence-electron chi connectivity index (χ4n) is 3.33. The molecule has 0 spiro atoms. The zero-order valence-corrected chi connectivity index (χ0v) is 20.6. The van der Waals surface area contributed by atoms with Crippen LogP contribution in [-0.2, 0) is 16.2 Å². The lowest BCUT2D eigenvalue weighted by Crippen LogP contribution is -2.36. The zero-order valence-electron chi connectivity index (χ0n) is 19.0.